The average molecular weight is 281 g/mol. The van der Waals surface area contributed by atoms with E-state index in [-0.39, 0.29) is 0 Å². The smallest absolute Gasteiger partial charge is 0.137 e. The number of piperidine rings is 1. The molecule has 2 aliphatic rings. The Bertz CT molecular complexity index is 477. The Hall–Kier alpha value is -0.870. The maximum absolute atomic E-state index is 6.14. The molecule has 0 aromatic carbocycles. The van der Waals surface area contributed by atoms with Gasteiger partial charge in [0, 0.05) is 24.2 Å². The molecule has 2 aliphatic heterocycles. The molecule has 0 spiro atoms. The molecule has 4 nitrogen and oxygen atoms in total. The molecule has 0 radical (unpaired) electrons. The van der Waals surface area contributed by atoms with E-state index in [4.69, 9.17) is 11.6 Å². The highest BCUT2D eigenvalue weighted by Gasteiger charge is 2.35. The Morgan fingerprint density at radius 2 is 2.00 bits per heavy atom. The number of nitrogens with zero attached hydrogens (tertiary/aromatic N) is 3. The molecule has 2 fully saturated rings. The lowest BCUT2D eigenvalue weighted by molar-refractivity contribution is 0.192. The Labute approximate surface area is 119 Å². The first-order chi connectivity index (χ1) is 9.15. The van der Waals surface area contributed by atoms with Gasteiger partial charge in [-0.3, -0.25) is 4.90 Å². The number of hydrogen-bond donors (Lipinski definition) is 1. The predicted molar refractivity (Wildman–Crippen MR) is 77.8 cm³/mol. The minimum atomic E-state index is 0.504. The van der Waals surface area contributed by atoms with Crippen LogP contribution in [0.4, 0.5) is 5.82 Å². The molecule has 19 heavy (non-hydrogen) atoms. The third-order valence-corrected chi connectivity index (χ3v) is 4.74. The number of aromatic nitrogens is 2. The van der Waals surface area contributed by atoms with Gasteiger partial charge >= 0.3 is 0 Å². The van der Waals surface area contributed by atoms with Crippen molar-refractivity contribution in [3.05, 3.63) is 16.5 Å². The molecule has 2 atom stereocenters. The fourth-order valence-corrected chi connectivity index (χ4v) is 3.54. The number of rotatable bonds is 2. The second-order valence-corrected chi connectivity index (χ2v) is 6.03. The third-order valence-electron chi connectivity index (χ3n) is 4.38. The van der Waals surface area contributed by atoms with Gasteiger partial charge in [-0.2, -0.15) is 0 Å². The molecule has 1 aromatic rings. The third kappa shape index (κ3) is 2.56. The van der Waals surface area contributed by atoms with Crippen molar-refractivity contribution in [3.8, 4) is 0 Å². The monoisotopic (exact) mass is 280 g/mol. The number of fused-ring (bicyclic) bond motifs is 1. The van der Waals surface area contributed by atoms with Crippen LogP contribution in [0.3, 0.4) is 0 Å². The standard InChI is InChI=1S/C14H21ClN4/c1-9-13(15)16-10(2)17-14(9)18-11-6-8-19-7-4-3-5-12(11)19/h11-12H,3-8H2,1-2H3,(H,16,17,18). The average Bonchev–Trinajstić information content (AvgIpc) is 2.79. The van der Waals surface area contributed by atoms with E-state index in [1.54, 1.807) is 0 Å². The zero-order chi connectivity index (χ0) is 13.4. The summed E-state index contributed by atoms with van der Waals surface area (Å²) in [6.07, 6.45) is 5.20. The molecule has 1 N–H and O–H groups in total. The molecule has 5 heteroatoms. The molecule has 1 aromatic heterocycles. The first-order valence-corrected chi connectivity index (χ1v) is 7.54. The number of anilines is 1. The zero-order valence-electron chi connectivity index (χ0n) is 11.6. The van der Waals surface area contributed by atoms with Crippen molar-refractivity contribution in [2.75, 3.05) is 18.4 Å². The Morgan fingerprint density at radius 1 is 1.16 bits per heavy atom. The molecular formula is C14H21ClN4. The highest BCUT2D eigenvalue weighted by atomic mass is 35.5. The van der Waals surface area contributed by atoms with E-state index < -0.39 is 0 Å². The molecule has 2 unspecified atom stereocenters. The van der Waals surface area contributed by atoms with Crippen molar-refractivity contribution in [1.82, 2.24) is 14.9 Å². The summed E-state index contributed by atoms with van der Waals surface area (Å²) in [5.41, 5.74) is 0.960. The summed E-state index contributed by atoms with van der Waals surface area (Å²) in [6, 6.07) is 1.17. The van der Waals surface area contributed by atoms with Gasteiger partial charge in [-0.05, 0) is 39.7 Å². The molecule has 3 rings (SSSR count). The maximum atomic E-state index is 6.14. The number of hydrogen-bond acceptors (Lipinski definition) is 4. The lowest BCUT2D eigenvalue weighted by Gasteiger charge is -2.33. The first-order valence-electron chi connectivity index (χ1n) is 7.16. The van der Waals surface area contributed by atoms with Crippen LogP contribution < -0.4 is 5.32 Å². The summed E-state index contributed by atoms with van der Waals surface area (Å²) in [5, 5.41) is 4.18. The second kappa shape index (κ2) is 5.25. The van der Waals surface area contributed by atoms with Gasteiger partial charge in [-0.1, -0.05) is 18.0 Å². The fraction of sp³-hybridized carbons (Fsp3) is 0.714. The summed E-state index contributed by atoms with van der Waals surface area (Å²) < 4.78 is 0. The summed E-state index contributed by atoms with van der Waals surface area (Å²) in [6.45, 7) is 6.33. The van der Waals surface area contributed by atoms with Crippen molar-refractivity contribution in [1.29, 1.82) is 0 Å². The van der Waals surface area contributed by atoms with E-state index in [0.717, 1.165) is 17.2 Å². The van der Waals surface area contributed by atoms with E-state index in [1.807, 2.05) is 13.8 Å². The molecule has 2 saturated heterocycles. The lowest BCUT2D eigenvalue weighted by atomic mass is 9.99. The van der Waals surface area contributed by atoms with Gasteiger partial charge in [-0.15, -0.1) is 0 Å². The van der Waals surface area contributed by atoms with E-state index in [0.29, 0.717) is 17.2 Å². The molecule has 0 amide bonds. The van der Waals surface area contributed by atoms with Gasteiger partial charge in [0.25, 0.3) is 0 Å². The molecule has 104 valence electrons. The molecule has 0 aliphatic carbocycles. The summed E-state index contributed by atoms with van der Waals surface area (Å²) >= 11 is 6.14. The topological polar surface area (TPSA) is 41.1 Å². The van der Waals surface area contributed by atoms with Crippen LogP contribution >= 0.6 is 11.6 Å². The van der Waals surface area contributed by atoms with Crippen LogP contribution in [-0.4, -0.2) is 40.0 Å². The molecule has 3 heterocycles. The van der Waals surface area contributed by atoms with Crippen LogP contribution in [0.5, 0.6) is 0 Å². The Balaban J connectivity index is 1.78. The highest BCUT2D eigenvalue weighted by molar-refractivity contribution is 6.30. The predicted octanol–water partition coefficient (Wildman–Crippen LogP) is 2.79. The molecular weight excluding hydrogens is 260 g/mol. The van der Waals surface area contributed by atoms with Crippen molar-refractivity contribution < 1.29 is 0 Å². The zero-order valence-corrected chi connectivity index (χ0v) is 12.4. The van der Waals surface area contributed by atoms with Crippen LogP contribution in [0, 0.1) is 13.8 Å². The van der Waals surface area contributed by atoms with E-state index >= 15 is 0 Å². The number of aryl methyl sites for hydroxylation is 1. The summed E-state index contributed by atoms with van der Waals surface area (Å²) in [4.78, 5) is 11.3. The van der Waals surface area contributed by atoms with Crippen LogP contribution in [0.15, 0.2) is 0 Å². The minimum Gasteiger partial charge on any atom is -0.365 e. The lowest BCUT2D eigenvalue weighted by Crippen LogP contribution is -2.42. The van der Waals surface area contributed by atoms with Gasteiger partial charge in [0.05, 0.1) is 0 Å². The van der Waals surface area contributed by atoms with Gasteiger partial charge in [-0.25, -0.2) is 9.97 Å². The molecule has 0 bridgehead atoms. The Morgan fingerprint density at radius 3 is 2.84 bits per heavy atom. The summed E-state index contributed by atoms with van der Waals surface area (Å²) in [7, 11) is 0. The van der Waals surface area contributed by atoms with Gasteiger partial charge in [0.2, 0.25) is 0 Å². The highest BCUT2D eigenvalue weighted by Crippen LogP contribution is 2.30. The number of nitrogens with one attached hydrogen (secondary N) is 1. The second-order valence-electron chi connectivity index (χ2n) is 5.67. The normalized spacial score (nSPS) is 27.3. The number of halogens is 1. The van der Waals surface area contributed by atoms with Gasteiger partial charge < -0.3 is 5.32 Å². The van der Waals surface area contributed by atoms with Crippen LogP contribution in [0.2, 0.25) is 5.15 Å². The van der Waals surface area contributed by atoms with E-state index in [9.17, 15) is 0 Å². The minimum absolute atomic E-state index is 0.504. The van der Waals surface area contributed by atoms with Crippen LogP contribution in [0.1, 0.15) is 37.1 Å². The molecule has 0 saturated carbocycles. The van der Waals surface area contributed by atoms with Crippen LogP contribution in [0.25, 0.3) is 0 Å². The van der Waals surface area contributed by atoms with Crippen molar-refractivity contribution in [3.63, 3.8) is 0 Å². The Kier molecular flexibility index (Phi) is 3.63. The van der Waals surface area contributed by atoms with E-state index in [1.165, 1.54) is 38.8 Å². The van der Waals surface area contributed by atoms with E-state index in [2.05, 4.69) is 20.2 Å². The van der Waals surface area contributed by atoms with Crippen molar-refractivity contribution >= 4 is 17.4 Å². The SMILES string of the molecule is Cc1nc(Cl)c(C)c(NC2CCN3CCCCC23)n1. The first kappa shape index (κ1) is 13.1. The fourth-order valence-electron chi connectivity index (χ4n) is 3.33. The van der Waals surface area contributed by atoms with Gasteiger partial charge in [0.15, 0.2) is 0 Å². The largest absolute Gasteiger partial charge is 0.365 e. The van der Waals surface area contributed by atoms with Crippen molar-refractivity contribution in [2.24, 2.45) is 0 Å². The maximum Gasteiger partial charge on any atom is 0.137 e. The van der Waals surface area contributed by atoms with Crippen molar-refractivity contribution in [2.45, 2.75) is 51.6 Å². The van der Waals surface area contributed by atoms with Crippen LogP contribution in [-0.2, 0) is 0 Å². The van der Waals surface area contributed by atoms with Gasteiger partial charge in [0.1, 0.15) is 16.8 Å². The summed E-state index contributed by atoms with van der Waals surface area (Å²) in [5.74, 6) is 1.64. The quantitative estimate of drug-likeness (QED) is 0.846.